The number of hydrogen-bond donors (Lipinski definition) is 2. The highest BCUT2D eigenvalue weighted by molar-refractivity contribution is 6.25. The molecule has 0 saturated carbocycles. The molecule has 0 aliphatic carbocycles. The molecular weight excluding hydrogens is 386 g/mol. The molecule has 0 spiro atoms. The van der Waals surface area contributed by atoms with Crippen molar-refractivity contribution >= 4 is 28.5 Å². The third-order valence-corrected chi connectivity index (χ3v) is 6.33. The number of ether oxygens (including phenoxy) is 1. The van der Waals surface area contributed by atoms with E-state index in [2.05, 4.69) is 4.98 Å². The van der Waals surface area contributed by atoms with Crippen LogP contribution in [0.15, 0.2) is 29.8 Å². The maximum Gasteiger partial charge on any atom is 0.287 e. The molecule has 2 amide bonds. The van der Waals surface area contributed by atoms with Crippen molar-refractivity contribution in [2.45, 2.75) is 44.5 Å². The third kappa shape index (κ3) is 2.22. The van der Waals surface area contributed by atoms with Crippen molar-refractivity contribution in [1.82, 2.24) is 14.8 Å². The van der Waals surface area contributed by atoms with E-state index < -0.39 is 35.4 Å². The Labute approximate surface area is 173 Å². The van der Waals surface area contributed by atoms with Gasteiger partial charge in [0, 0.05) is 18.0 Å². The van der Waals surface area contributed by atoms with E-state index in [1.807, 2.05) is 13.8 Å². The Balaban J connectivity index is 1.81. The molecule has 5 rings (SSSR count). The summed E-state index contributed by atoms with van der Waals surface area (Å²) in [6.07, 6.45) is 3.00. The number of hydrogen-bond acceptors (Lipinski definition) is 5. The SMILES string of the molecule is COc1ccc2c3c([nH]c2c1)[C@H](C=C(C)C)N1C(=O)[C@@H]2CCCN2C(=O)[C@]1(O)C3=O. The number of piperazine rings is 1. The molecule has 0 bridgehead atoms. The number of benzene rings is 1. The molecule has 0 radical (unpaired) electrons. The van der Waals surface area contributed by atoms with E-state index >= 15 is 0 Å². The Hall–Kier alpha value is -3.13. The number of H-pyrrole nitrogens is 1. The number of ketones is 1. The third-order valence-electron chi connectivity index (χ3n) is 6.33. The second-order valence-electron chi connectivity index (χ2n) is 8.38. The molecule has 156 valence electrons. The predicted molar refractivity (Wildman–Crippen MR) is 108 cm³/mol. The topological polar surface area (TPSA) is 103 Å². The molecule has 2 aromatic rings. The van der Waals surface area contributed by atoms with E-state index in [1.54, 1.807) is 31.4 Å². The van der Waals surface area contributed by atoms with Crippen LogP contribution < -0.4 is 4.74 Å². The number of nitrogens with zero attached hydrogens (tertiary/aromatic N) is 2. The van der Waals surface area contributed by atoms with Crippen molar-refractivity contribution in [3.63, 3.8) is 0 Å². The lowest BCUT2D eigenvalue weighted by molar-refractivity contribution is -0.192. The zero-order valence-electron chi connectivity index (χ0n) is 17.1. The highest BCUT2D eigenvalue weighted by atomic mass is 16.5. The molecule has 8 nitrogen and oxygen atoms in total. The van der Waals surface area contributed by atoms with Crippen LogP contribution in [-0.2, 0) is 9.59 Å². The fraction of sp³-hybridized carbons (Fsp3) is 0.409. The van der Waals surface area contributed by atoms with Crippen LogP contribution in [0, 0.1) is 0 Å². The number of aromatic nitrogens is 1. The first-order valence-corrected chi connectivity index (χ1v) is 10.0. The van der Waals surface area contributed by atoms with Gasteiger partial charge in [0.05, 0.1) is 29.9 Å². The maximum absolute atomic E-state index is 13.6. The van der Waals surface area contributed by atoms with Crippen molar-refractivity contribution in [1.29, 1.82) is 0 Å². The normalized spacial score (nSPS) is 27.8. The Kier molecular flexibility index (Phi) is 3.89. The molecule has 1 aromatic heterocycles. The van der Waals surface area contributed by atoms with E-state index in [4.69, 9.17) is 4.74 Å². The van der Waals surface area contributed by atoms with Crippen LogP contribution >= 0.6 is 0 Å². The lowest BCUT2D eigenvalue weighted by atomic mass is 9.83. The highest BCUT2D eigenvalue weighted by Crippen LogP contribution is 2.46. The molecule has 30 heavy (non-hydrogen) atoms. The minimum absolute atomic E-state index is 0.243. The summed E-state index contributed by atoms with van der Waals surface area (Å²) in [5.74, 6) is -1.27. The second kappa shape index (κ2) is 6.18. The van der Waals surface area contributed by atoms with Crippen molar-refractivity contribution in [3.05, 3.63) is 41.1 Å². The smallest absolute Gasteiger partial charge is 0.287 e. The number of rotatable bonds is 2. The van der Waals surface area contributed by atoms with E-state index in [9.17, 15) is 19.5 Å². The average molecular weight is 409 g/mol. The summed E-state index contributed by atoms with van der Waals surface area (Å²) in [5, 5.41) is 12.1. The van der Waals surface area contributed by atoms with Gasteiger partial charge in [0.2, 0.25) is 11.7 Å². The highest BCUT2D eigenvalue weighted by Gasteiger charge is 2.65. The minimum atomic E-state index is -2.55. The van der Waals surface area contributed by atoms with Crippen LogP contribution in [0.4, 0.5) is 0 Å². The number of methoxy groups -OCH3 is 1. The first kappa shape index (κ1) is 18.9. The number of carbonyl (C=O) groups excluding carboxylic acids is 3. The maximum atomic E-state index is 13.6. The zero-order chi connectivity index (χ0) is 21.4. The monoisotopic (exact) mass is 409 g/mol. The van der Waals surface area contributed by atoms with Gasteiger partial charge in [0.25, 0.3) is 11.6 Å². The summed E-state index contributed by atoms with van der Waals surface area (Å²) in [6, 6.07) is 3.81. The van der Waals surface area contributed by atoms with Gasteiger partial charge in [-0.25, -0.2) is 0 Å². The van der Waals surface area contributed by atoms with Crippen molar-refractivity contribution in [3.8, 4) is 5.75 Å². The second-order valence-corrected chi connectivity index (χ2v) is 8.38. The summed E-state index contributed by atoms with van der Waals surface area (Å²) < 4.78 is 5.28. The Morgan fingerprint density at radius 1 is 1.30 bits per heavy atom. The van der Waals surface area contributed by atoms with Crippen LogP contribution in [0.1, 0.15) is 48.8 Å². The molecule has 2 saturated heterocycles. The molecule has 3 aliphatic heterocycles. The van der Waals surface area contributed by atoms with Gasteiger partial charge in [-0.15, -0.1) is 0 Å². The number of aliphatic hydroxyl groups is 1. The summed E-state index contributed by atoms with van der Waals surface area (Å²) in [7, 11) is 1.55. The van der Waals surface area contributed by atoms with Crippen LogP contribution in [0.25, 0.3) is 10.9 Å². The van der Waals surface area contributed by atoms with Gasteiger partial charge >= 0.3 is 0 Å². The number of aromatic amines is 1. The van der Waals surface area contributed by atoms with E-state index in [-0.39, 0.29) is 5.56 Å². The van der Waals surface area contributed by atoms with Crippen molar-refractivity contribution < 1.29 is 24.2 Å². The number of nitrogens with one attached hydrogen (secondary N) is 1. The van der Waals surface area contributed by atoms with Crippen molar-refractivity contribution in [2.75, 3.05) is 13.7 Å². The molecule has 0 unspecified atom stereocenters. The average Bonchev–Trinajstić information content (AvgIpc) is 3.34. The quantitative estimate of drug-likeness (QED) is 0.583. The molecule has 8 heteroatoms. The van der Waals surface area contributed by atoms with Gasteiger partial charge in [-0.05, 0) is 38.8 Å². The number of allylic oxidation sites excluding steroid dienone is 1. The molecule has 2 N–H and O–H groups in total. The Bertz CT molecular complexity index is 1150. The van der Waals surface area contributed by atoms with Gasteiger partial charge in [0.1, 0.15) is 11.8 Å². The minimum Gasteiger partial charge on any atom is -0.497 e. The van der Waals surface area contributed by atoms with Crippen LogP contribution in [0.2, 0.25) is 0 Å². The summed E-state index contributed by atoms with van der Waals surface area (Å²) in [6.45, 7) is 4.11. The fourth-order valence-electron chi connectivity index (χ4n) is 5.00. The summed E-state index contributed by atoms with van der Waals surface area (Å²) >= 11 is 0. The predicted octanol–water partition coefficient (Wildman–Crippen LogP) is 1.90. The standard InChI is InChI=1S/C22H23N3O5/c1-11(2)9-16-18-17(13-7-6-12(30-3)10-14(13)23-18)19(26)22(29)21(28)24-8-4-5-15(24)20(27)25(16)22/h6-7,9-10,15-16,23,29H,4-5,8H2,1-3H3/t15-,16-,22+/m0/s1. The zero-order valence-corrected chi connectivity index (χ0v) is 17.1. The Morgan fingerprint density at radius 2 is 2.07 bits per heavy atom. The molecule has 3 aliphatic rings. The Morgan fingerprint density at radius 3 is 2.77 bits per heavy atom. The van der Waals surface area contributed by atoms with Gasteiger partial charge < -0.3 is 19.7 Å². The van der Waals surface area contributed by atoms with Crippen molar-refractivity contribution in [2.24, 2.45) is 0 Å². The molecular formula is C22H23N3O5. The first-order chi connectivity index (χ1) is 14.3. The van der Waals surface area contributed by atoms with Gasteiger partial charge in [0.15, 0.2) is 0 Å². The van der Waals surface area contributed by atoms with Crippen LogP contribution in [0.3, 0.4) is 0 Å². The number of carbonyl (C=O) groups is 3. The lowest BCUT2D eigenvalue weighted by Crippen LogP contribution is -2.75. The van der Waals surface area contributed by atoms with Crippen LogP contribution in [0.5, 0.6) is 5.75 Å². The fourth-order valence-corrected chi connectivity index (χ4v) is 5.00. The molecule has 1 aromatic carbocycles. The van der Waals surface area contributed by atoms with Crippen LogP contribution in [-0.4, -0.2) is 62.9 Å². The number of fused-ring (bicyclic) bond motifs is 5. The summed E-state index contributed by atoms with van der Waals surface area (Å²) in [5.41, 5.74) is -0.262. The first-order valence-electron chi connectivity index (χ1n) is 10.0. The molecule has 3 atom stereocenters. The summed E-state index contributed by atoms with van der Waals surface area (Å²) in [4.78, 5) is 46.1. The van der Waals surface area contributed by atoms with E-state index in [1.165, 1.54) is 4.90 Å². The van der Waals surface area contributed by atoms with E-state index in [0.717, 1.165) is 10.5 Å². The van der Waals surface area contributed by atoms with Gasteiger partial charge in [-0.1, -0.05) is 11.6 Å². The number of Topliss-reactive ketones (excluding diaryl/α,β-unsaturated/α-hetero) is 1. The van der Waals surface area contributed by atoms with Gasteiger partial charge in [-0.2, -0.15) is 0 Å². The molecule has 4 heterocycles. The molecule has 2 fully saturated rings. The lowest BCUT2D eigenvalue weighted by Gasteiger charge is -2.51. The number of amides is 2. The largest absolute Gasteiger partial charge is 0.497 e. The van der Waals surface area contributed by atoms with Gasteiger partial charge in [-0.3, -0.25) is 19.3 Å². The van der Waals surface area contributed by atoms with E-state index in [0.29, 0.717) is 41.7 Å².